The second kappa shape index (κ2) is 11.0. The zero-order valence-corrected chi connectivity index (χ0v) is 18.5. The average Bonchev–Trinajstić information content (AvgIpc) is 2.74. The zero-order chi connectivity index (χ0) is 21.4. The van der Waals surface area contributed by atoms with Gasteiger partial charge < -0.3 is 0 Å². The van der Waals surface area contributed by atoms with Crippen molar-refractivity contribution in [1.29, 1.82) is 0 Å². The van der Waals surface area contributed by atoms with Gasteiger partial charge in [0.2, 0.25) is 0 Å². The summed E-state index contributed by atoms with van der Waals surface area (Å²) in [5, 5.41) is 0. The van der Waals surface area contributed by atoms with Gasteiger partial charge in [-0.2, -0.15) is 0 Å². The van der Waals surface area contributed by atoms with E-state index in [4.69, 9.17) is 0 Å². The maximum Gasteiger partial charge on any atom is 0.131 e. The van der Waals surface area contributed by atoms with Gasteiger partial charge in [-0.25, -0.2) is 4.39 Å². The van der Waals surface area contributed by atoms with Crippen LogP contribution in [0.2, 0.25) is 0 Å². The number of rotatable bonds is 5. The lowest BCUT2D eigenvalue weighted by atomic mass is 9.79. The molecule has 1 aliphatic carbocycles. The van der Waals surface area contributed by atoms with Crippen molar-refractivity contribution in [2.75, 3.05) is 0 Å². The molecule has 0 aliphatic heterocycles. The van der Waals surface area contributed by atoms with E-state index in [9.17, 15) is 4.39 Å². The van der Waals surface area contributed by atoms with Crippen LogP contribution < -0.4 is 0 Å². The topological polar surface area (TPSA) is 0 Å². The monoisotopic (exact) mass is 390 g/mol. The fourth-order valence-corrected chi connectivity index (χ4v) is 3.83. The highest BCUT2D eigenvalue weighted by Gasteiger charge is 2.19. The van der Waals surface area contributed by atoms with Crippen LogP contribution in [0.3, 0.4) is 0 Å². The van der Waals surface area contributed by atoms with E-state index >= 15 is 0 Å². The largest absolute Gasteiger partial charge is 0.206 e. The first kappa shape index (κ1) is 22.9. The Labute approximate surface area is 176 Å². The molecule has 0 spiro atoms. The molecule has 3 rings (SSSR count). The molecule has 0 atom stereocenters. The van der Waals surface area contributed by atoms with Crippen molar-refractivity contribution in [2.45, 2.75) is 59.3 Å². The minimum Gasteiger partial charge on any atom is -0.206 e. The quantitative estimate of drug-likeness (QED) is 0.447. The number of hydrogen-bond donors (Lipinski definition) is 0. The molecule has 0 saturated heterocycles. The van der Waals surface area contributed by atoms with Crippen LogP contribution in [0, 0.1) is 11.7 Å². The second-order valence-electron chi connectivity index (χ2n) is 7.98. The molecule has 0 N–H and O–H groups in total. The number of hydrogen-bond acceptors (Lipinski definition) is 0. The van der Waals surface area contributed by atoms with Crippen LogP contribution in [0.4, 0.5) is 4.39 Å². The molecule has 154 valence electrons. The van der Waals surface area contributed by atoms with Crippen molar-refractivity contribution in [1.82, 2.24) is 0 Å². The minimum atomic E-state index is -0.241. The van der Waals surface area contributed by atoms with Gasteiger partial charge in [-0.3, -0.25) is 0 Å². The Hall–Kier alpha value is -2.41. The van der Waals surface area contributed by atoms with Crippen molar-refractivity contribution in [3.05, 3.63) is 90.3 Å². The van der Waals surface area contributed by atoms with Gasteiger partial charge >= 0.3 is 0 Å². The average molecular weight is 391 g/mol. The lowest BCUT2D eigenvalue weighted by Gasteiger charge is -2.26. The van der Waals surface area contributed by atoms with Crippen molar-refractivity contribution in [2.24, 2.45) is 5.92 Å². The summed E-state index contributed by atoms with van der Waals surface area (Å²) in [7, 11) is 0. The van der Waals surface area contributed by atoms with E-state index in [1.807, 2.05) is 39.0 Å². The molecule has 29 heavy (non-hydrogen) atoms. The highest BCUT2D eigenvalue weighted by Crippen LogP contribution is 2.36. The summed E-state index contributed by atoms with van der Waals surface area (Å²) in [6.07, 6.45) is 8.86. The van der Waals surface area contributed by atoms with Crippen molar-refractivity contribution >= 4 is 5.57 Å². The lowest BCUT2D eigenvalue weighted by Crippen LogP contribution is -2.10. The minimum absolute atomic E-state index is 0.241. The molecule has 0 heterocycles. The first-order chi connectivity index (χ1) is 13.9. The summed E-state index contributed by atoms with van der Waals surface area (Å²) in [5.41, 5.74) is 5.48. The third-order valence-corrected chi connectivity index (χ3v) is 5.62. The Morgan fingerprint density at radius 3 is 2.03 bits per heavy atom. The van der Waals surface area contributed by atoms with Gasteiger partial charge in [0.15, 0.2) is 0 Å². The molecule has 1 saturated carbocycles. The second-order valence-corrected chi connectivity index (χ2v) is 7.98. The van der Waals surface area contributed by atoms with Crippen LogP contribution in [0.1, 0.15) is 70.4 Å². The molecule has 0 radical (unpaired) electrons. The molecule has 0 amide bonds. The van der Waals surface area contributed by atoms with Gasteiger partial charge in [-0.05, 0) is 59.9 Å². The fraction of sp³-hybridized carbons (Fsp3) is 0.357. The SMILES string of the molecule is C=C(C)/C=C\C(=C)c1ccc(-c2ccc(C3CCC(C)CC3)cc2)cc1F.CC. The summed E-state index contributed by atoms with van der Waals surface area (Å²) in [5.74, 6) is 1.30. The first-order valence-electron chi connectivity index (χ1n) is 10.9. The van der Waals surface area contributed by atoms with E-state index in [-0.39, 0.29) is 5.82 Å². The van der Waals surface area contributed by atoms with Gasteiger partial charge in [-0.15, -0.1) is 0 Å². The molecule has 1 aliphatic rings. The standard InChI is InChI=1S/C26H29F.C2H6/c1-18(2)5-8-20(4)25-16-15-24(17-26(25)27)23-13-11-22(12-14-23)21-9-6-19(3)7-10-21;1-2/h5,8,11-17,19,21H,1,4,6-7,9-10H2,2-3H3;1-2H3/b8-5-;. The summed E-state index contributed by atoms with van der Waals surface area (Å²) in [6, 6.07) is 14.1. The van der Waals surface area contributed by atoms with Crippen LogP contribution in [-0.4, -0.2) is 0 Å². The van der Waals surface area contributed by atoms with E-state index in [0.29, 0.717) is 17.1 Å². The van der Waals surface area contributed by atoms with Crippen molar-refractivity contribution in [3.8, 4) is 11.1 Å². The third kappa shape index (κ3) is 6.29. The predicted molar refractivity (Wildman–Crippen MR) is 127 cm³/mol. The molecule has 0 unspecified atom stereocenters. The van der Waals surface area contributed by atoms with Crippen molar-refractivity contribution < 1.29 is 4.39 Å². The summed E-state index contributed by atoms with van der Waals surface area (Å²) >= 11 is 0. The van der Waals surface area contributed by atoms with Gasteiger partial charge in [0, 0.05) is 5.56 Å². The number of halogens is 1. The molecule has 2 aromatic rings. The Kier molecular flexibility index (Phi) is 8.64. The molecule has 0 bridgehead atoms. The predicted octanol–water partition coefficient (Wildman–Crippen LogP) is 8.96. The highest BCUT2D eigenvalue weighted by molar-refractivity contribution is 5.75. The normalized spacial score (nSPS) is 18.8. The van der Waals surface area contributed by atoms with Crippen LogP contribution in [0.15, 0.2) is 73.3 Å². The third-order valence-electron chi connectivity index (χ3n) is 5.62. The van der Waals surface area contributed by atoms with Crippen molar-refractivity contribution in [3.63, 3.8) is 0 Å². The van der Waals surface area contributed by atoms with E-state index in [2.05, 4.69) is 44.3 Å². The first-order valence-corrected chi connectivity index (χ1v) is 10.9. The molecule has 0 nitrogen and oxygen atoms in total. The number of allylic oxidation sites excluding steroid dienone is 4. The molecular formula is C28H35F. The van der Waals surface area contributed by atoms with E-state index in [1.54, 1.807) is 12.1 Å². The van der Waals surface area contributed by atoms with Gasteiger partial charge in [-0.1, -0.05) is 101 Å². The Bertz CT molecular complexity index is 846. The van der Waals surface area contributed by atoms with Crippen LogP contribution in [0.25, 0.3) is 16.7 Å². The van der Waals surface area contributed by atoms with Gasteiger partial charge in [0.05, 0.1) is 0 Å². The van der Waals surface area contributed by atoms with Gasteiger partial charge in [0.25, 0.3) is 0 Å². The Morgan fingerprint density at radius 1 is 0.897 bits per heavy atom. The molecule has 2 aromatic carbocycles. The maximum absolute atomic E-state index is 14.6. The fourth-order valence-electron chi connectivity index (χ4n) is 3.83. The summed E-state index contributed by atoms with van der Waals surface area (Å²) in [6.45, 7) is 16.0. The molecule has 1 heteroatoms. The van der Waals surface area contributed by atoms with Crippen LogP contribution >= 0.6 is 0 Å². The molecule has 1 fully saturated rings. The Balaban J connectivity index is 0.00000145. The highest BCUT2D eigenvalue weighted by atomic mass is 19.1. The lowest BCUT2D eigenvalue weighted by molar-refractivity contribution is 0.348. The van der Waals surface area contributed by atoms with Crippen LogP contribution in [0.5, 0.6) is 0 Å². The number of benzene rings is 2. The van der Waals surface area contributed by atoms with Crippen LogP contribution in [-0.2, 0) is 0 Å². The van der Waals surface area contributed by atoms with E-state index in [0.717, 1.165) is 22.6 Å². The zero-order valence-electron chi connectivity index (χ0n) is 18.5. The maximum atomic E-state index is 14.6. The molecular weight excluding hydrogens is 355 g/mol. The summed E-state index contributed by atoms with van der Waals surface area (Å²) in [4.78, 5) is 0. The van der Waals surface area contributed by atoms with E-state index < -0.39 is 0 Å². The summed E-state index contributed by atoms with van der Waals surface area (Å²) < 4.78 is 14.6. The smallest absolute Gasteiger partial charge is 0.131 e. The Morgan fingerprint density at radius 2 is 1.48 bits per heavy atom. The van der Waals surface area contributed by atoms with Gasteiger partial charge in [0.1, 0.15) is 5.82 Å². The van der Waals surface area contributed by atoms with E-state index in [1.165, 1.54) is 31.2 Å². The molecule has 0 aromatic heterocycles.